The number of amides is 2. The number of thioether (sulfide) groups is 1. The lowest BCUT2D eigenvalue weighted by atomic mass is 10.1. The van der Waals surface area contributed by atoms with Crippen molar-refractivity contribution in [2.45, 2.75) is 18.3 Å². The molecule has 2 amide bonds. The SMILES string of the molecule is O=C1S[C@H](Cc2ccc(OCc3cccc4ccccc34)c(Br)c2)C(=O)N1c1ccc(Cl)cc1. The number of fused-ring (bicyclic) bond motifs is 1. The molecule has 1 heterocycles. The summed E-state index contributed by atoms with van der Waals surface area (Å²) >= 11 is 10.6. The minimum atomic E-state index is -0.475. The number of nitrogens with zero attached hydrogens (tertiary/aromatic N) is 1. The summed E-state index contributed by atoms with van der Waals surface area (Å²) in [6.07, 6.45) is 0.446. The number of benzene rings is 4. The van der Waals surface area contributed by atoms with Crippen molar-refractivity contribution in [3.63, 3.8) is 0 Å². The minimum absolute atomic E-state index is 0.218. The molecule has 4 nitrogen and oxygen atoms in total. The van der Waals surface area contributed by atoms with E-state index in [9.17, 15) is 9.59 Å². The van der Waals surface area contributed by atoms with Crippen molar-refractivity contribution in [3.8, 4) is 5.75 Å². The summed E-state index contributed by atoms with van der Waals surface area (Å²) in [5, 5.41) is 2.16. The first-order valence-electron chi connectivity index (χ1n) is 10.7. The summed E-state index contributed by atoms with van der Waals surface area (Å²) < 4.78 is 6.89. The van der Waals surface area contributed by atoms with Crippen LogP contribution in [0.3, 0.4) is 0 Å². The highest BCUT2D eigenvalue weighted by atomic mass is 79.9. The van der Waals surface area contributed by atoms with Crippen LogP contribution in [0.5, 0.6) is 5.75 Å². The van der Waals surface area contributed by atoms with Gasteiger partial charge in [0.2, 0.25) is 5.91 Å². The van der Waals surface area contributed by atoms with Crippen molar-refractivity contribution in [1.82, 2.24) is 0 Å². The summed E-state index contributed by atoms with van der Waals surface area (Å²) in [5.74, 6) is 0.505. The quantitative estimate of drug-likeness (QED) is 0.246. The van der Waals surface area contributed by atoms with Gasteiger partial charge in [0.25, 0.3) is 5.24 Å². The standard InChI is InChI=1S/C27H19BrClNO3S/c28-23-14-17(15-25-26(31)30(27(32)34-25)21-11-9-20(29)10-12-21)8-13-24(23)33-16-19-6-3-5-18-4-1-2-7-22(18)19/h1-14,25H,15-16H2/t25-/m1/s1. The molecular formula is C27H19BrClNO3S. The normalized spacial score (nSPS) is 15.8. The third-order valence-electron chi connectivity index (χ3n) is 5.69. The molecule has 0 N–H and O–H groups in total. The Balaban J connectivity index is 1.27. The third kappa shape index (κ3) is 4.71. The minimum Gasteiger partial charge on any atom is -0.488 e. The zero-order chi connectivity index (χ0) is 23.7. The molecule has 0 unspecified atom stereocenters. The largest absolute Gasteiger partial charge is 0.488 e. The van der Waals surface area contributed by atoms with Crippen molar-refractivity contribution < 1.29 is 14.3 Å². The molecule has 0 aliphatic carbocycles. The number of halogens is 2. The second-order valence-electron chi connectivity index (χ2n) is 7.92. The smallest absolute Gasteiger partial charge is 0.293 e. The van der Waals surface area contributed by atoms with Gasteiger partial charge in [0, 0.05) is 5.02 Å². The number of carbonyl (C=O) groups is 2. The Bertz CT molecular complexity index is 1390. The van der Waals surface area contributed by atoms with E-state index in [0.717, 1.165) is 33.1 Å². The van der Waals surface area contributed by atoms with E-state index < -0.39 is 5.25 Å². The van der Waals surface area contributed by atoms with Crippen LogP contribution in [0.15, 0.2) is 89.4 Å². The Labute approximate surface area is 215 Å². The highest BCUT2D eigenvalue weighted by molar-refractivity contribution is 9.10. The maximum absolute atomic E-state index is 12.9. The van der Waals surface area contributed by atoms with Crippen molar-refractivity contribution in [2.24, 2.45) is 0 Å². The fraction of sp³-hybridized carbons (Fsp3) is 0.111. The highest BCUT2D eigenvalue weighted by Crippen LogP contribution is 2.35. The highest BCUT2D eigenvalue weighted by Gasteiger charge is 2.40. The molecule has 1 saturated heterocycles. The Kier molecular flexibility index (Phi) is 6.63. The molecule has 0 bridgehead atoms. The number of anilines is 1. The van der Waals surface area contributed by atoms with Gasteiger partial charge in [-0.15, -0.1) is 0 Å². The molecule has 170 valence electrons. The summed E-state index contributed by atoms with van der Waals surface area (Å²) in [5.41, 5.74) is 2.59. The first-order valence-corrected chi connectivity index (χ1v) is 12.7. The molecule has 34 heavy (non-hydrogen) atoms. The molecule has 0 radical (unpaired) electrons. The Morgan fingerprint density at radius 1 is 0.941 bits per heavy atom. The van der Waals surface area contributed by atoms with Crippen LogP contribution in [0.1, 0.15) is 11.1 Å². The number of rotatable bonds is 6. The second-order valence-corrected chi connectivity index (χ2v) is 10.4. The Morgan fingerprint density at radius 2 is 1.71 bits per heavy atom. The molecule has 1 aliphatic rings. The molecule has 0 saturated carbocycles. The van der Waals surface area contributed by atoms with E-state index in [4.69, 9.17) is 16.3 Å². The lowest BCUT2D eigenvalue weighted by Gasteiger charge is -2.14. The van der Waals surface area contributed by atoms with Crippen LogP contribution in [0.2, 0.25) is 5.02 Å². The summed E-state index contributed by atoms with van der Waals surface area (Å²) in [6.45, 7) is 0.445. The number of ether oxygens (including phenoxy) is 1. The van der Waals surface area contributed by atoms with Crippen LogP contribution < -0.4 is 9.64 Å². The number of imide groups is 1. The first-order chi connectivity index (χ1) is 16.5. The van der Waals surface area contributed by atoms with Crippen LogP contribution in [0.25, 0.3) is 10.8 Å². The van der Waals surface area contributed by atoms with Gasteiger partial charge in [0.05, 0.1) is 15.4 Å². The van der Waals surface area contributed by atoms with Gasteiger partial charge >= 0.3 is 0 Å². The lowest BCUT2D eigenvalue weighted by Crippen LogP contribution is -2.32. The maximum atomic E-state index is 12.9. The fourth-order valence-corrected chi connectivity index (χ4v) is 5.68. The Hall–Kier alpha value is -2.80. The van der Waals surface area contributed by atoms with Crippen molar-refractivity contribution in [1.29, 1.82) is 0 Å². The van der Waals surface area contributed by atoms with Gasteiger partial charge < -0.3 is 4.74 Å². The fourth-order valence-electron chi connectivity index (χ4n) is 3.99. The average molecular weight is 553 g/mol. The van der Waals surface area contributed by atoms with Gasteiger partial charge in [-0.1, -0.05) is 71.9 Å². The Morgan fingerprint density at radius 3 is 2.50 bits per heavy atom. The zero-order valence-corrected chi connectivity index (χ0v) is 21.1. The number of carbonyl (C=O) groups excluding carboxylic acids is 2. The van der Waals surface area contributed by atoms with Crippen LogP contribution in [0.4, 0.5) is 10.5 Å². The molecule has 1 atom stereocenters. The van der Waals surface area contributed by atoms with Gasteiger partial charge in [0.1, 0.15) is 12.4 Å². The molecule has 1 fully saturated rings. The monoisotopic (exact) mass is 551 g/mol. The molecule has 5 rings (SSSR count). The van der Waals surface area contributed by atoms with E-state index in [1.54, 1.807) is 24.3 Å². The number of hydrogen-bond donors (Lipinski definition) is 0. The van der Waals surface area contributed by atoms with E-state index in [2.05, 4.69) is 40.2 Å². The molecule has 7 heteroatoms. The van der Waals surface area contributed by atoms with E-state index in [0.29, 0.717) is 23.7 Å². The maximum Gasteiger partial charge on any atom is 0.293 e. The topological polar surface area (TPSA) is 46.6 Å². The summed E-state index contributed by atoms with van der Waals surface area (Å²) in [7, 11) is 0. The van der Waals surface area contributed by atoms with Gasteiger partial charge in [-0.25, -0.2) is 4.90 Å². The molecular weight excluding hydrogens is 534 g/mol. The zero-order valence-electron chi connectivity index (χ0n) is 17.9. The van der Waals surface area contributed by atoms with Crippen LogP contribution in [0, 0.1) is 0 Å². The molecule has 1 aliphatic heterocycles. The van der Waals surface area contributed by atoms with Crippen LogP contribution >= 0.6 is 39.3 Å². The van der Waals surface area contributed by atoms with E-state index in [1.807, 2.05) is 36.4 Å². The average Bonchev–Trinajstić information content (AvgIpc) is 3.11. The van der Waals surface area contributed by atoms with Gasteiger partial charge in [-0.2, -0.15) is 0 Å². The molecule has 0 aromatic heterocycles. The predicted molar refractivity (Wildman–Crippen MR) is 142 cm³/mol. The van der Waals surface area contributed by atoms with Crippen molar-refractivity contribution in [2.75, 3.05) is 4.90 Å². The van der Waals surface area contributed by atoms with E-state index >= 15 is 0 Å². The number of hydrogen-bond acceptors (Lipinski definition) is 4. The van der Waals surface area contributed by atoms with Gasteiger partial charge in [0.15, 0.2) is 0 Å². The molecule has 4 aromatic rings. The molecule has 0 spiro atoms. The second kappa shape index (κ2) is 9.82. The first kappa shape index (κ1) is 23.0. The van der Waals surface area contributed by atoms with Gasteiger partial charge in [-0.05, 0) is 80.6 Å². The third-order valence-corrected chi connectivity index (χ3v) is 7.60. The summed E-state index contributed by atoms with van der Waals surface area (Å²) in [4.78, 5) is 26.7. The van der Waals surface area contributed by atoms with Gasteiger partial charge in [-0.3, -0.25) is 9.59 Å². The lowest BCUT2D eigenvalue weighted by molar-refractivity contribution is -0.117. The van der Waals surface area contributed by atoms with Crippen LogP contribution in [-0.4, -0.2) is 16.4 Å². The predicted octanol–water partition coefficient (Wildman–Crippen LogP) is 7.65. The molecule has 4 aromatic carbocycles. The van der Waals surface area contributed by atoms with Crippen LogP contribution in [-0.2, 0) is 17.8 Å². The van der Waals surface area contributed by atoms with E-state index in [-0.39, 0.29) is 11.1 Å². The van der Waals surface area contributed by atoms with Crippen molar-refractivity contribution >= 4 is 66.9 Å². The summed E-state index contributed by atoms with van der Waals surface area (Å²) in [6, 6.07) is 26.9. The van der Waals surface area contributed by atoms with Crippen molar-refractivity contribution in [3.05, 3.63) is 106 Å². The van der Waals surface area contributed by atoms with E-state index in [1.165, 1.54) is 15.7 Å².